The molecule has 2 aromatic carbocycles. The van der Waals surface area contributed by atoms with Gasteiger partial charge < -0.3 is 9.57 Å². The number of hydroxylamine groups is 2. The number of ether oxygens (including phenoxy) is 1. The average molecular weight is 472 g/mol. The molecular formula is C30H49NO3. The van der Waals surface area contributed by atoms with Crippen molar-refractivity contribution in [2.75, 3.05) is 20.2 Å². The average Bonchev–Trinajstić information content (AvgIpc) is 2.82. The molecule has 0 unspecified atom stereocenters. The predicted molar refractivity (Wildman–Crippen MR) is 145 cm³/mol. The van der Waals surface area contributed by atoms with Crippen LogP contribution in [-0.2, 0) is 16.1 Å². The molecule has 0 radical (unpaired) electrons. The summed E-state index contributed by atoms with van der Waals surface area (Å²) in [4.78, 5) is 18.6. The molecule has 0 aliphatic heterocycles. The first kappa shape index (κ1) is 30.0. The summed E-state index contributed by atoms with van der Waals surface area (Å²) in [6.07, 6.45) is 15.2. The molecule has 0 aliphatic carbocycles. The third-order valence-corrected chi connectivity index (χ3v) is 6.21. The highest BCUT2D eigenvalue weighted by atomic mass is 16.7. The molecule has 2 rings (SSSR count). The predicted octanol–water partition coefficient (Wildman–Crippen LogP) is 8.51. The summed E-state index contributed by atoms with van der Waals surface area (Å²) >= 11 is 0. The van der Waals surface area contributed by atoms with Crippen molar-refractivity contribution in [3.8, 4) is 5.75 Å². The van der Waals surface area contributed by atoms with E-state index in [-0.39, 0.29) is 13.4 Å². The standard InChI is InChI=1S/C29H45NO3.CH4/c1-4-6-8-10-12-14-20-30(21-15-13-11-9-7-5-2)33-29(31)23-25-16-17-27-24-28(32-3)19-18-26(27)22-25;/h16-19,22,24H,4-15,20-21,23H2,1-3H3;1H4. The maximum atomic E-state index is 12.7. The molecule has 2 aromatic rings. The van der Waals surface area contributed by atoms with E-state index in [1.54, 1.807) is 7.11 Å². The number of hydrogen-bond donors (Lipinski definition) is 0. The van der Waals surface area contributed by atoms with Gasteiger partial charge in [0.1, 0.15) is 5.75 Å². The highest BCUT2D eigenvalue weighted by Gasteiger charge is 2.13. The minimum absolute atomic E-state index is 0. The van der Waals surface area contributed by atoms with Gasteiger partial charge in [-0.1, -0.05) is 110 Å². The molecule has 4 nitrogen and oxygen atoms in total. The Labute approximate surface area is 209 Å². The molecular weight excluding hydrogens is 422 g/mol. The van der Waals surface area contributed by atoms with Crippen LogP contribution in [0.4, 0.5) is 0 Å². The van der Waals surface area contributed by atoms with Gasteiger partial charge in [-0.15, -0.1) is 5.06 Å². The van der Waals surface area contributed by atoms with Crippen LogP contribution in [0.5, 0.6) is 5.75 Å². The molecule has 0 fully saturated rings. The van der Waals surface area contributed by atoms with Crippen molar-refractivity contribution >= 4 is 16.7 Å². The van der Waals surface area contributed by atoms with Crippen LogP contribution in [0.2, 0.25) is 0 Å². The Hall–Kier alpha value is -2.07. The van der Waals surface area contributed by atoms with Crippen LogP contribution in [0, 0.1) is 0 Å². The van der Waals surface area contributed by atoms with Crippen molar-refractivity contribution in [2.24, 2.45) is 0 Å². The van der Waals surface area contributed by atoms with Gasteiger partial charge in [0.05, 0.1) is 13.5 Å². The van der Waals surface area contributed by atoms with Crippen molar-refractivity contribution in [2.45, 2.75) is 105 Å². The fraction of sp³-hybridized carbons (Fsp3) is 0.633. The van der Waals surface area contributed by atoms with Crippen LogP contribution in [0.15, 0.2) is 36.4 Å². The van der Waals surface area contributed by atoms with E-state index in [4.69, 9.17) is 9.57 Å². The van der Waals surface area contributed by atoms with E-state index in [9.17, 15) is 4.79 Å². The molecule has 0 aromatic heterocycles. The van der Waals surface area contributed by atoms with Crippen molar-refractivity contribution in [3.05, 3.63) is 42.0 Å². The van der Waals surface area contributed by atoms with E-state index >= 15 is 0 Å². The molecule has 0 amide bonds. The number of hydrogen-bond acceptors (Lipinski definition) is 4. The lowest BCUT2D eigenvalue weighted by Gasteiger charge is -2.21. The van der Waals surface area contributed by atoms with E-state index in [1.165, 1.54) is 64.2 Å². The van der Waals surface area contributed by atoms with E-state index in [0.717, 1.165) is 48.0 Å². The van der Waals surface area contributed by atoms with Crippen LogP contribution in [0.25, 0.3) is 10.8 Å². The van der Waals surface area contributed by atoms with Gasteiger partial charge >= 0.3 is 5.97 Å². The lowest BCUT2D eigenvalue weighted by Crippen LogP contribution is -2.30. The lowest BCUT2D eigenvalue weighted by molar-refractivity contribution is -0.190. The van der Waals surface area contributed by atoms with Gasteiger partial charge in [0.2, 0.25) is 0 Å². The van der Waals surface area contributed by atoms with Crippen LogP contribution in [0.3, 0.4) is 0 Å². The second kappa shape index (κ2) is 18.3. The molecule has 0 saturated carbocycles. The number of fused-ring (bicyclic) bond motifs is 1. The Balaban J connectivity index is 0.00000578. The van der Waals surface area contributed by atoms with Gasteiger partial charge in [-0.25, -0.2) is 4.79 Å². The SMILES string of the molecule is C.CCCCCCCCN(CCCCCCCC)OC(=O)Cc1ccc2cc(OC)ccc2c1. The molecule has 0 bridgehead atoms. The molecule has 0 heterocycles. The molecule has 0 spiro atoms. The van der Waals surface area contributed by atoms with Crippen LogP contribution >= 0.6 is 0 Å². The Morgan fingerprint density at radius 1 is 0.735 bits per heavy atom. The molecule has 0 saturated heterocycles. The zero-order chi connectivity index (χ0) is 23.7. The largest absolute Gasteiger partial charge is 0.497 e. The van der Waals surface area contributed by atoms with Gasteiger partial charge in [0.15, 0.2) is 0 Å². The summed E-state index contributed by atoms with van der Waals surface area (Å²) in [5.41, 5.74) is 0.983. The summed E-state index contributed by atoms with van der Waals surface area (Å²) in [6, 6.07) is 12.1. The molecule has 0 atom stereocenters. The Kier molecular flexibility index (Phi) is 16.1. The fourth-order valence-electron chi connectivity index (χ4n) is 4.19. The summed E-state index contributed by atoms with van der Waals surface area (Å²) in [7, 11) is 1.67. The molecule has 0 aliphatic rings. The van der Waals surface area contributed by atoms with Gasteiger partial charge in [-0.3, -0.25) is 0 Å². The smallest absolute Gasteiger partial charge is 0.329 e. The number of carbonyl (C=O) groups is 1. The highest BCUT2D eigenvalue weighted by molar-refractivity contribution is 5.85. The number of unbranched alkanes of at least 4 members (excludes halogenated alkanes) is 10. The molecule has 34 heavy (non-hydrogen) atoms. The topological polar surface area (TPSA) is 38.8 Å². The number of benzene rings is 2. The maximum absolute atomic E-state index is 12.7. The highest BCUT2D eigenvalue weighted by Crippen LogP contribution is 2.22. The first-order valence-corrected chi connectivity index (χ1v) is 13.2. The number of rotatable bonds is 18. The summed E-state index contributed by atoms with van der Waals surface area (Å²) < 4.78 is 5.30. The molecule has 192 valence electrons. The van der Waals surface area contributed by atoms with E-state index in [2.05, 4.69) is 19.9 Å². The summed E-state index contributed by atoms with van der Waals surface area (Å²) in [5, 5.41) is 4.14. The minimum Gasteiger partial charge on any atom is -0.497 e. The van der Waals surface area contributed by atoms with Gasteiger partial charge in [0, 0.05) is 13.1 Å². The zero-order valence-electron chi connectivity index (χ0n) is 21.2. The van der Waals surface area contributed by atoms with Gasteiger partial charge in [-0.05, 0) is 41.3 Å². The van der Waals surface area contributed by atoms with E-state index in [0.29, 0.717) is 6.42 Å². The maximum Gasteiger partial charge on any atom is 0.329 e. The third-order valence-electron chi connectivity index (χ3n) is 6.21. The van der Waals surface area contributed by atoms with Crippen LogP contribution in [-0.4, -0.2) is 31.2 Å². The number of carbonyl (C=O) groups excluding carboxylic acids is 1. The molecule has 0 N–H and O–H groups in total. The third kappa shape index (κ3) is 11.9. The first-order chi connectivity index (χ1) is 16.2. The number of methoxy groups -OCH3 is 1. The van der Waals surface area contributed by atoms with Crippen molar-refractivity contribution in [3.63, 3.8) is 0 Å². The van der Waals surface area contributed by atoms with Crippen LogP contribution < -0.4 is 4.74 Å². The van der Waals surface area contributed by atoms with Crippen molar-refractivity contribution in [1.29, 1.82) is 0 Å². The number of nitrogens with zero attached hydrogens (tertiary/aromatic N) is 1. The Morgan fingerprint density at radius 3 is 1.85 bits per heavy atom. The second-order valence-corrected chi connectivity index (χ2v) is 9.15. The fourth-order valence-corrected chi connectivity index (χ4v) is 4.19. The quantitative estimate of drug-likeness (QED) is 0.161. The van der Waals surface area contributed by atoms with Crippen LogP contribution in [0.1, 0.15) is 104 Å². The lowest BCUT2D eigenvalue weighted by atomic mass is 10.0. The Morgan fingerprint density at radius 2 is 1.26 bits per heavy atom. The monoisotopic (exact) mass is 471 g/mol. The summed E-state index contributed by atoms with van der Waals surface area (Å²) in [5.74, 6) is 0.675. The zero-order valence-corrected chi connectivity index (χ0v) is 21.2. The van der Waals surface area contributed by atoms with Gasteiger partial charge in [0.25, 0.3) is 0 Å². The van der Waals surface area contributed by atoms with Crippen molar-refractivity contribution in [1.82, 2.24) is 5.06 Å². The second-order valence-electron chi connectivity index (χ2n) is 9.15. The van der Waals surface area contributed by atoms with E-state index < -0.39 is 0 Å². The van der Waals surface area contributed by atoms with E-state index in [1.807, 2.05) is 35.4 Å². The Bertz CT molecular complexity index is 789. The summed E-state index contributed by atoms with van der Waals surface area (Å²) in [6.45, 7) is 6.16. The normalized spacial score (nSPS) is 10.9. The minimum atomic E-state index is -0.167. The molecule has 4 heteroatoms. The first-order valence-electron chi connectivity index (χ1n) is 13.2. The van der Waals surface area contributed by atoms with Gasteiger partial charge in [-0.2, -0.15) is 0 Å². The van der Waals surface area contributed by atoms with Crippen molar-refractivity contribution < 1.29 is 14.4 Å².